The van der Waals surface area contributed by atoms with Gasteiger partial charge in [0.15, 0.2) is 0 Å². The third-order valence-corrected chi connectivity index (χ3v) is 3.98. The zero-order valence-electron chi connectivity index (χ0n) is 12.8. The monoisotopic (exact) mass is 285 g/mol. The molecule has 4 nitrogen and oxygen atoms in total. The van der Waals surface area contributed by atoms with Crippen LogP contribution in [0.5, 0.6) is 0 Å². The van der Waals surface area contributed by atoms with Crippen LogP contribution in [0.2, 0.25) is 0 Å². The topological polar surface area (TPSA) is 37.4 Å². The van der Waals surface area contributed by atoms with Gasteiger partial charge in [-0.3, -0.25) is 9.88 Å². The highest BCUT2D eigenvalue weighted by Gasteiger charge is 2.20. The number of likely N-dealkylation sites (N-methyl/N-ethyl adjacent to an activating group) is 1. The Bertz CT molecular complexity index is 612. The van der Waals surface area contributed by atoms with E-state index < -0.39 is 0 Å². The second-order valence-corrected chi connectivity index (χ2v) is 5.73. The minimum Gasteiger partial charge on any atom is -0.374 e. The largest absolute Gasteiger partial charge is 0.374 e. The maximum atomic E-state index is 5.78. The first-order valence-corrected chi connectivity index (χ1v) is 7.60. The molecule has 4 heteroatoms. The van der Waals surface area contributed by atoms with E-state index in [1.165, 1.54) is 10.9 Å². The summed E-state index contributed by atoms with van der Waals surface area (Å²) in [5.74, 6) is 0. The average Bonchev–Trinajstić information content (AvgIpc) is 2.48. The van der Waals surface area contributed by atoms with E-state index in [4.69, 9.17) is 4.74 Å². The second kappa shape index (κ2) is 6.52. The molecule has 1 aromatic heterocycles. The number of pyridine rings is 1. The third kappa shape index (κ3) is 3.40. The van der Waals surface area contributed by atoms with E-state index in [1.807, 2.05) is 7.05 Å². The van der Waals surface area contributed by atoms with Crippen LogP contribution in [-0.2, 0) is 11.3 Å². The lowest BCUT2D eigenvalue weighted by atomic mass is 10.1. The molecular weight excluding hydrogens is 262 g/mol. The summed E-state index contributed by atoms with van der Waals surface area (Å²) in [6, 6.07) is 10.6. The fourth-order valence-electron chi connectivity index (χ4n) is 3.04. The van der Waals surface area contributed by atoms with Gasteiger partial charge in [0.25, 0.3) is 0 Å². The number of nitrogens with one attached hydrogen (secondary N) is 1. The molecule has 0 saturated carbocycles. The first-order valence-electron chi connectivity index (χ1n) is 7.60. The van der Waals surface area contributed by atoms with Gasteiger partial charge in [0, 0.05) is 37.3 Å². The van der Waals surface area contributed by atoms with Crippen LogP contribution in [0.1, 0.15) is 11.3 Å². The van der Waals surface area contributed by atoms with E-state index in [9.17, 15) is 0 Å². The standard InChI is InChI=1S/C17H23N3O/c1-13-9-14(16-5-3-4-6-17(16)19-13)11-20-7-8-21-15(12-20)10-18-2/h3-6,9,15,18H,7-8,10-12H2,1-2H3. The van der Waals surface area contributed by atoms with Crippen molar-refractivity contribution in [2.45, 2.75) is 19.6 Å². The van der Waals surface area contributed by atoms with Gasteiger partial charge in [0.2, 0.25) is 0 Å². The molecule has 2 heterocycles. The Kier molecular flexibility index (Phi) is 4.48. The number of fused-ring (bicyclic) bond motifs is 1. The molecule has 1 saturated heterocycles. The van der Waals surface area contributed by atoms with E-state index in [0.717, 1.165) is 44.0 Å². The van der Waals surface area contributed by atoms with Crippen molar-refractivity contribution < 1.29 is 4.74 Å². The number of aromatic nitrogens is 1. The van der Waals surface area contributed by atoms with Crippen molar-refractivity contribution >= 4 is 10.9 Å². The van der Waals surface area contributed by atoms with E-state index in [2.05, 4.69) is 52.5 Å². The highest BCUT2D eigenvalue weighted by molar-refractivity contribution is 5.82. The van der Waals surface area contributed by atoms with E-state index >= 15 is 0 Å². The molecule has 1 fully saturated rings. The second-order valence-electron chi connectivity index (χ2n) is 5.73. The van der Waals surface area contributed by atoms with E-state index in [-0.39, 0.29) is 6.10 Å². The molecule has 2 aromatic rings. The maximum absolute atomic E-state index is 5.78. The van der Waals surface area contributed by atoms with E-state index in [0.29, 0.717) is 0 Å². The Morgan fingerprint density at radius 3 is 3.10 bits per heavy atom. The number of benzene rings is 1. The van der Waals surface area contributed by atoms with Crippen LogP contribution in [0.15, 0.2) is 30.3 Å². The number of hydrogen-bond donors (Lipinski definition) is 1. The summed E-state index contributed by atoms with van der Waals surface area (Å²) in [4.78, 5) is 7.10. The van der Waals surface area contributed by atoms with Crippen LogP contribution in [0.4, 0.5) is 0 Å². The maximum Gasteiger partial charge on any atom is 0.0826 e. The van der Waals surface area contributed by atoms with Crippen molar-refractivity contribution in [3.8, 4) is 0 Å². The molecular formula is C17H23N3O. The lowest BCUT2D eigenvalue weighted by Gasteiger charge is -2.33. The van der Waals surface area contributed by atoms with Crippen molar-refractivity contribution in [2.75, 3.05) is 33.3 Å². The summed E-state index contributed by atoms with van der Waals surface area (Å²) in [5.41, 5.74) is 3.54. The van der Waals surface area contributed by atoms with Gasteiger partial charge >= 0.3 is 0 Å². The molecule has 1 atom stereocenters. The minimum absolute atomic E-state index is 0.290. The molecule has 3 rings (SSSR count). The number of rotatable bonds is 4. The van der Waals surface area contributed by atoms with Crippen molar-refractivity contribution in [2.24, 2.45) is 0 Å². The van der Waals surface area contributed by atoms with Crippen LogP contribution in [-0.4, -0.2) is 49.3 Å². The molecule has 1 aliphatic heterocycles. The summed E-state index contributed by atoms with van der Waals surface area (Å²) >= 11 is 0. The van der Waals surface area contributed by atoms with Gasteiger partial charge in [0.1, 0.15) is 0 Å². The predicted molar refractivity (Wildman–Crippen MR) is 85.4 cm³/mol. The average molecular weight is 285 g/mol. The molecule has 0 bridgehead atoms. The Hall–Kier alpha value is -1.49. The number of morpholine rings is 1. The van der Waals surface area contributed by atoms with Gasteiger partial charge in [-0.1, -0.05) is 18.2 Å². The van der Waals surface area contributed by atoms with Crippen molar-refractivity contribution in [3.05, 3.63) is 41.6 Å². The van der Waals surface area contributed by atoms with Gasteiger partial charge in [0.05, 0.1) is 18.2 Å². The van der Waals surface area contributed by atoms with Crippen LogP contribution < -0.4 is 5.32 Å². The van der Waals surface area contributed by atoms with E-state index in [1.54, 1.807) is 0 Å². The molecule has 112 valence electrons. The Morgan fingerprint density at radius 1 is 1.38 bits per heavy atom. The predicted octanol–water partition coefficient (Wildman–Crippen LogP) is 1.96. The lowest BCUT2D eigenvalue weighted by Crippen LogP contribution is -2.45. The molecule has 0 spiro atoms. The van der Waals surface area contributed by atoms with Crippen LogP contribution in [0.25, 0.3) is 10.9 Å². The SMILES string of the molecule is CNCC1CN(Cc2cc(C)nc3ccccc23)CCO1. The molecule has 1 aliphatic rings. The highest BCUT2D eigenvalue weighted by atomic mass is 16.5. The molecule has 1 N–H and O–H groups in total. The van der Waals surface area contributed by atoms with Crippen LogP contribution >= 0.6 is 0 Å². The molecule has 1 unspecified atom stereocenters. The van der Waals surface area contributed by atoms with Crippen molar-refractivity contribution in [1.29, 1.82) is 0 Å². The zero-order valence-corrected chi connectivity index (χ0v) is 12.8. The fourth-order valence-corrected chi connectivity index (χ4v) is 3.04. The summed E-state index contributed by atoms with van der Waals surface area (Å²) < 4.78 is 5.78. The molecule has 0 radical (unpaired) electrons. The number of hydrogen-bond acceptors (Lipinski definition) is 4. The molecule has 0 aliphatic carbocycles. The van der Waals surface area contributed by atoms with Gasteiger partial charge < -0.3 is 10.1 Å². The number of para-hydroxylation sites is 1. The smallest absolute Gasteiger partial charge is 0.0826 e. The quantitative estimate of drug-likeness (QED) is 0.932. The van der Waals surface area contributed by atoms with Gasteiger partial charge in [-0.15, -0.1) is 0 Å². The van der Waals surface area contributed by atoms with Crippen LogP contribution in [0, 0.1) is 6.92 Å². The molecule has 21 heavy (non-hydrogen) atoms. The minimum atomic E-state index is 0.290. The Morgan fingerprint density at radius 2 is 2.24 bits per heavy atom. The fraction of sp³-hybridized carbons (Fsp3) is 0.471. The number of ether oxygens (including phenoxy) is 1. The molecule has 0 amide bonds. The summed E-state index contributed by atoms with van der Waals surface area (Å²) in [5, 5.41) is 4.46. The first kappa shape index (κ1) is 14.4. The zero-order chi connectivity index (χ0) is 14.7. The van der Waals surface area contributed by atoms with Gasteiger partial charge in [-0.2, -0.15) is 0 Å². The highest BCUT2D eigenvalue weighted by Crippen LogP contribution is 2.20. The normalized spacial score (nSPS) is 20.0. The lowest BCUT2D eigenvalue weighted by molar-refractivity contribution is -0.0290. The number of nitrogens with zero attached hydrogens (tertiary/aromatic N) is 2. The summed E-state index contributed by atoms with van der Waals surface area (Å²) in [6.45, 7) is 6.74. The first-order chi connectivity index (χ1) is 10.3. The Balaban J connectivity index is 1.81. The Labute approximate surface area is 126 Å². The van der Waals surface area contributed by atoms with Gasteiger partial charge in [-0.25, -0.2) is 0 Å². The van der Waals surface area contributed by atoms with Crippen molar-refractivity contribution in [1.82, 2.24) is 15.2 Å². The summed E-state index contributed by atoms with van der Waals surface area (Å²) in [7, 11) is 1.97. The summed E-state index contributed by atoms with van der Waals surface area (Å²) in [6.07, 6.45) is 0.290. The molecule has 1 aromatic carbocycles. The van der Waals surface area contributed by atoms with Crippen LogP contribution in [0.3, 0.4) is 0 Å². The third-order valence-electron chi connectivity index (χ3n) is 3.98. The van der Waals surface area contributed by atoms with Gasteiger partial charge in [-0.05, 0) is 31.7 Å². The van der Waals surface area contributed by atoms with Crippen molar-refractivity contribution in [3.63, 3.8) is 0 Å². The number of aryl methyl sites for hydroxylation is 1.